The van der Waals surface area contributed by atoms with Gasteiger partial charge in [-0.05, 0) is 45.8 Å². The number of piperidine rings is 1. The molecule has 0 atom stereocenters. The Hall–Kier alpha value is -2.78. The van der Waals surface area contributed by atoms with Gasteiger partial charge in [0.1, 0.15) is 11.6 Å². The minimum absolute atomic E-state index is 0.116. The van der Waals surface area contributed by atoms with E-state index in [1.807, 2.05) is 11.8 Å². The number of amides is 1. The molecule has 2 saturated heterocycles. The molecule has 34 heavy (non-hydrogen) atoms. The Bertz CT molecular complexity index is 933. The number of rotatable bonds is 7. The second-order valence-corrected chi connectivity index (χ2v) is 8.84. The summed E-state index contributed by atoms with van der Waals surface area (Å²) in [5, 5.41) is 12.8. The van der Waals surface area contributed by atoms with E-state index in [2.05, 4.69) is 26.7 Å². The highest BCUT2D eigenvalue weighted by molar-refractivity contribution is 5.97. The fourth-order valence-corrected chi connectivity index (χ4v) is 4.49. The lowest BCUT2D eigenvalue weighted by atomic mass is 10.0. The molecule has 186 valence electrons. The van der Waals surface area contributed by atoms with Crippen LogP contribution in [0, 0.1) is 11.6 Å². The first-order chi connectivity index (χ1) is 16.3. The number of benzene rings is 1. The molecule has 9 heteroatoms. The molecule has 2 heterocycles. The summed E-state index contributed by atoms with van der Waals surface area (Å²) in [6.07, 6.45) is 3.45. The Morgan fingerprint density at radius 1 is 1.21 bits per heavy atom. The maximum Gasteiger partial charge on any atom is 0.248 e. The van der Waals surface area contributed by atoms with Crippen LogP contribution in [0.25, 0.3) is 0 Å². The highest BCUT2D eigenvalue weighted by atomic mass is 19.1. The molecule has 1 aromatic rings. The fourth-order valence-electron chi connectivity index (χ4n) is 4.49. The zero-order valence-corrected chi connectivity index (χ0v) is 20.1. The van der Waals surface area contributed by atoms with Crippen LogP contribution in [0.15, 0.2) is 47.3 Å². The molecular weight excluding hydrogens is 440 g/mol. The van der Waals surface area contributed by atoms with Crippen LogP contribution in [0.1, 0.15) is 32.3 Å². The van der Waals surface area contributed by atoms with Crippen molar-refractivity contribution in [3.63, 3.8) is 0 Å². The van der Waals surface area contributed by atoms with Crippen LogP contribution in [0.5, 0.6) is 0 Å². The van der Waals surface area contributed by atoms with Crippen LogP contribution in [-0.4, -0.2) is 83.4 Å². The molecule has 3 rings (SSSR count). The molecule has 7 nitrogen and oxygen atoms in total. The van der Waals surface area contributed by atoms with E-state index in [1.165, 1.54) is 18.3 Å². The molecule has 0 aliphatic carbocycles. The summed E-state index contributed by atoms with van der Waals surface area (Å²) in [6.45, 7) is 13.0. The van der Waals surface area contributed by atoms with E-state index in [-0.39, 0.29) is 11.7 Å². The first-order valence-electron chi connectivity index (χ1n) is 11.8. The standard InChI is InChI=1S/C25H35F2N5O2/c1-4-28-25(34)18(2)16-29-24(19(3)33)32-13-11-31(12-14-32)22-7-9-30(10-8-22)17-20-5-6-21(26)15-23(20)27/h5-6,15-16,22,33H,3-4,7-14,17H2,1-2H3,(H,28,34)/b18-16+,29-24?. The topological polar surface area (TPSA) is 71.4 Å². The number of hydrogen-bond acceptors (Lipinski definition) is 5. The lowest BCUT2D eigenvalue weighted by Crippen LogP contribution is -2.54. The van der Waals surface area contributed by atoms with Crippen LogP contribution < -0.4 is 5.32 Å². The van der Waals surface area contributed by atoms with E-state index < -0.39 is 11.6 Å². The van der Waals surface area contributed by atoms with Gasteiger partial charge in [-0.2, -0.15) is 0 Å². The number of hydrogen-bond donors (Lipinski definition) is 2. The van der Waals surface area contributed by atoms with E-state index >= 15 is 0 Å². The maximum absolute atomic E-state index is 14.0. The summed E-state index contributed by atoms with van der Waals surface area (Å²) in [5.41, 5.74) is 0.993. The van der Waals surface area contributed by atoms with Crippen molar-refractivity contribution in [3.05, 3.63) is 59.5 Å². The summed E-state index contributed by atoms with van der Waals surface area (Å²) in [7, 11) is 0. The summed E-state index contributed by atoms with van der Waals surface area (Å²) in [5.74, 6) is -0.955. The number of carbonyl (C=O) groups is 1. The third-order valence-electron chi connectivity index (χ3n) is 6.43. The van der Waals surface area contributed by atoms with Crippen molar-refractivity contribution < 1.29 is 18.7 Å². The van der Waals surface area contributed by atoms with Crippen LogP contribution in [0.3, 0.4) is 0 Å². The molecule has 0 radical (unpaired) electrons. The van der Waals surface area contributed by atoms with E-state index in [0.29, 0.717) is 49.2 Å². The van der Waals surface area contributed by atoms with Crippen molar-refractivity contribution in [1.82, 2.24) is 20.0 Å². The molecule has 0 bridgehead atoms. The number of aliphatic imine (C=N–C) groups is 1. The average molecular weight is 476 g/mol. The monoisotopic (exact) mass is 475 g/mol. The number of aliphatic hydroxyl groups excluding tert-OH is 1. The number of likely N-dealkylation sites (tertiary alicyclic amines) is 1. The van der Waals surface area contributed by atoms with E-state index in [1.54, 1.807) is 6.92 Å². The largest absolute Gasteiger partial charge is 0.505 e. The predicted molar refractivity (Wildman–Crippen MR) is 129 cm³/mol. The van der Waals surface area contributed by atoms with Crippen molar-refractivity contribution in [2.45, 2.75) is 39.3 Å². The molecule has 1 aromatic carbocycles. The quantitative estimate of drug-likeness (QED) is 0.275. The van der Waals surface area contributed by atoms with Gasteiger partial charge >= 0.3 is 0 Å². The van der Waals surface area contributed by atoms with Gasteiger partial charge in [0.05, 0.1) is 0 Å². The van der Waals surface area contributed by atoms with E-state index in [0.717, 1.165) is 45.1 Å². The van der Waals surface area contributed by atoms with Gasteiger partial charge in [-0.15, -0.1) is 0 Å². The van der Waals surface area contributed by atoms with Crippen molar-refractivity contribution in [3.8, 4) is 0 Å². The predicted octanol–water partition coefficient (Wildman–Crippen LogP) is 3.06. The second-order valence-electron chi connectivity index (χ2n) is 8.84. The molecule has 2 aliphatic heterocycles. The SMILES string of the molecule is C=C(O)C(=N/C=C(\C)C(=O)NCC)N1CCN(C2CCN(Cc3ccc(F)cc3F)CC2)CC1. The van der Waals surface area contributed by atoms with Crippen molar-refractivity contribution in [1.29, 1.82) is 0 Å². The van der Waals surface area contributed by atoms with Crippen LogP contribution in [0.2, 0.25) is 0 Å². The lowest BCUT2D eigenvalue weighted by Gasteiger charge is -2.43. The Morgan fingerprint density at radius 2 is 1.88 bits per heavy atom. The zero-order chi connectivity index (χ0) is 24.7. The lowest BCUT2D eigenvalue weighted by molar-refractivity contribution is -0.117. The summed E-state index contributed by atoms with van der Waals surface area (Å²) >= 11 is 0. The number of nitrogens with zero attached hydrogens (tertiary/aromatic N) is 4. The number of likely N-dealkylation sites (N-methyl/N-ethyl adjacent to an activating group) is 1. The third kappa shape index (κ3) is 6.87. The minimum Gasteiger partial charge on any atom is -0.505 e. The number of nitrogens with one attached hydrogen (secondary N) is 1. The van der Waals surface area contributed by atoms with Crippen LogP contribution in [0.4, 0.5) is 8.78 Å². The molecular formula is C25H35F2N5O2. The van der Waals surface area contributed by atoms with Gasteiger partial charge in [-0.25, -0.2) is 13.8 Å². The number of piperazine rings is 1. The smallest absolute Gasteiger partial charge is 0.248 e. The average Bonchev–Trinajstić information content (AvgIpc) is 2.82. The van der Waals surface area contributed by atoms with Gasteiger partial charge in [-0.1, -0.05) is 12.6 Å². The van der Waals surface area contributed by atoms with Crippen LogP contribution in [-0.2, 0) is 11.3 Å². The Morgan fingerprint density at radius 3 is 2.47 bits per heavy atom. The third-order valence-corrected chi connectivity index (χ3v) is 6.43. The molecule has 2 N–H and O–H groups in total. The van der Waals surface area contributed by atoms with E-state index in [9.17, 15) is 18.7 Å². The van der Waals surface area contributed by atoms with Crippen molar-refractivity contribution in [2.24, 2.45) is 4.99 Å². The summed E-state index contributed by atoms with van der Waals surface area (Å²) in [4.78, 5) is 22.9. The van der Waals surface area contributed by atoms with Gasteiger partial charge in [0.25, 0.3) is 0 Å². The van der Waals surface area contributed by atoms with E-state index in [4.69, 9.17) is 0 Å². The molecule has 0 saturated carbocycles. The fraction of sp³-hybridized carbons (Fsp3) is 0.520. The number of halogens is 2. The second kappa shape index (κ2) is 12.1. The number of aliphatic hydroxyl groups is 1. The highest BCUT2D eigenvalue weighted by Crippen LogP contribution is 2.21. The normalized spacial score (nSPS) is 19.4. The Kier molecular flexibility index (Phi) is 9.18. The van der Waals surface area contributed by atoms with Gasteiger partial charge in [0.15, 0.2) is 11.6 Å². The van der Waals surface area contributed by atoms with Gasteiger partial charge in [0.2, 0.25) is 5.91 Å². The first kappa shape index (κ1) is 25.8. The van der Waals surface area contributed by atoms with Crippen molar-refractivity contribution >= 4 is 11.7 Å². The van der Waals surface area contributed by atoms with Gasteiger partial charge in [-0.3, -0.25) is 14.6 Å². The molecule has 0 unspecified atom stereocenters. The molecule has 0 aromatic heterocycles. The first-order valence-corrected chi connectivity index (χ1v) is 11.8. The maximum atomic E-state index is 14.0. The molecule has 1 amide bonds. The number of amidine groups is 1. The number of carbonyl (C=O) groups excluding carboxylic acids is 1. The Labute approximate surface area is 200 Å². The van der Waals surface area contributed by atoms with Gasteiger partial charge < -0.3 is 15.3 Å². The minimum atomic E-state index is -0.551. The molecule has 2 fully saturated rings. The Balaban J connectivity index is 1.50. The summed E-state index contributed by atoms with van der Waals surface area (Å²) in [6, 6.07) is 4.23. The van der Waals surface area contributed by atoms with Gasteiger partial charge in [0, 0.05) is 68.7 Å². The van der Waals surface area contributed by atoms with Crippen LogP contribution >= 0.6 is 0 Å². The summed E-state index contributed by atoms with van der Waals surface area (Å²) < 4.78 is 27.1. The molecule has 0 spiro atoms. The molecule has 2 aliphatic rings. The highest BCUT2D eigenvalue weighted by Gasteiger charge is 2.29. The zero-order valence-electron chi connectivity index (χ0n) is 20.1. The van der Waals surface area contributed by atoms with Crippen molar-refractivity contribution in [2.75, 3.05) is 45.8 Å².